The van der Waals surface area contributed by atoms with Gasteiger partial charge in [-0.15, -0.1) is 0 Å². The van der Waals surface area contributed by atoms with E-state index in [2.05, 4.69) is 0 Å². The molecule has 0 aromatic heterocycles. The number of hydrogen-bond acceptors (Lipinski definition) is 4. The Balaban J connectivity index is 1.52. The van der Waals surface area contributed by atoms with Crippen LogP contribution in [0.5, 0.6) is 0 Å². The fraction of sp³-hybridized carbons (Fsp3) is 0.200. The van der Waals surface area contributed by atoms with Crippen molar-refractivity contribution in [3.05, 3.63) is 101 Å². The lowest BCUT2D eigenvalue weighted by Gasteiger charge is -2.29. The third-order valence-electron chi connectivity index (χ3n) is 5.89. The number of halogens is 1. The monoisotopic (exact) mass is 432 g/mol. The Morgan fingerprint density at radius 2 is 1.55 bits per heavy atom. The summed E-state index contributed by atoms with van der Waals surface area (Å²) in [7, 11) is 0. The molecule has 0 unspecified atom stereocenters. The van der Waals surface area contributed by atoms with Gasteiger partial charge in [0, 0.05) is 5.02 Å². The highest BCUT2D eigenvalue weighted by Crippen LogP contribution is 2.47. The van der Waals surface area contributed by atoms with Crippen LogP contribution in [-0.2, 0) is 21.0 Å². The largest absolute Gasteiger partial charge is 0.275 e. The number of hydrogen-bond donors (Lipinski definition) is 0. The molecule has 2 amide bonds. The van der Waals surface area contributed by atoms with Crippen molar-refractivity contribution in [3.8, 4) is 0 Å². The van der Waals surface area contributed by atoms with E-state index in [1.54, 1.807) is 17.2 Å². The van der Waals surface area contributed by atoms with Gasteiger partial charge in [0.15, 0.2) is 6.10 Å². The zero-order chi connectivity index (χ0) is 21.5. The Hall–Kier alpha value is -3.15. The van der Waals surface area contributed by atoms with Crippen LogP contribution in [0.2, 0.25) is 5.02 Å². The van der Waals surface area contributed by atoms with Gasteiger partial charge in [0.2, 0.25) is 5.91 Å². The minimum Gasteiger partial charge on any atom is -0.275 e. The first-order chi connectivity index (χ1) is 15.0. The molecule has 156 valence electrons. The maximum Gasteiger partial charge on any atom is 0.262 e. The van der Waals surface area contributed by atoms with Crippen molar-refractivity contribution in [2.24, 2.45) is 5.92 Å². The summed E-state index contributed by atoms with van der Waals surface area (Å²) in [5.74, 6) is -1.14. The van der Waals surface area contributed by atoms with Crippen LogP contribution in [0.15, 0.2) is 78.9 Å². The van der Waals surface area contributed by atoms with Gasteiger partial charge in [-0.25, -0.2) is 5.06 Å². The van der Waals surface area contributed by atoms with Crippen LogP contribution in [0.25, 0.3) is 0 Å². The van der Waals surface area contributed by atoms with Crippen molar-refractivity contribution in [1.29, 1.82) is 0 Å². The molecule has 0 saturated carbocycles. The molecule has 31 heavy (non-hydrogen) atoms. The maximum atomic E-state index is 13.5. The Morgan fingerprint density at radius 1 is 0.871 bits per heavy atom. The highest BCUT2D eigenvalue weighted by Gasteiger charge is 2.59. The number of fused-ring (bicyclic) bond motifs is 1. The van der Waals surface area contributed by atoms with Gasteiger partial charge in [0.1, 0.15) is 5.92 Å². The van der Waals surface area contributed by atoms with E-state index in [0.29, 0.717) is 5.02 Å². The van der Waals surface area contributed by atoms with Crippen molar-refractivity contribution in [2.45, 2.75) is 25.6 Å². The normalized spacial score (nSPS) is 22.8. The van der Waals surface area contributed by atoms with Crippen LogP contribution in [0.3, 0.4) is 0 Å². The summed E-state index contributed by atoms with van der Waals surface area (Å²) in [4.78, 5) is 34.1. The average molecular weight is 433 g/mol. The topological polar surface area (TPSA) is 49.9 Å². The molecule has 0 bridgehead atoms. The van der Waals surface area contributed by atoms with Gasteiger partial charge in [-0.05, 0) is 42.3 Å². The number of rotatable bonds is 4. The zero-order valence-corrected chi connectivity index (χ0v) is 17.7. The minimum atomic E-state index is -0.849. The number of likely N-dealkylation sites (tertiary alicyclic amines) is 1. The molecule has 2 fully saturated rings. The number of nitrogens with zero attached hydrogens (tertiary/aromatic N) is 2. The number of amides is 2. The quantitative estimate of drug-likeness (QED) is 0.561. The summed E-state index contributed by atoms with van der Waals surface area (Å²) in [6, 6.07) is 24.3. The van der Waals surface area contributed by atoms with Crippen molar-refractivity contribution >= 4 is 29.1 Å². The van der Waals surface area contributed by atoms with Gasteiger partial charge < -0.3 is 0 Å². The Labute approximate surface area is 185 Å². The minimum absolute atomic E-state index is 0.214. The Morgan fingerprint density at radius 3 is 2.23 bits per heavy atom. The van der Waals surface area contributed by atoms with E-state index < -0.39 is 18.1 Å². The van der Waals surface area contributed by atoms with E-state index in [1.807, 2.05) is 73.7 Å². The summed E-state index contributed by atoms with van der Waals surface area (Å²) in [6.07, 6.45) is -0.849. The van der Waals surface area contributed by atoms with Crippen LogP contribution in [0, 0.1) is 12.8 Å². The van der Waals surface area contributed by atoms with Crippen LogP contribution in [-0.4, -0.2) is 22.8 Å². The first-order valence-electron chi connectivity index (χ1n) is 10.2. The summed E-state index contributed by atoms with van der Waals surface area (Å²) in [5.41, 5.74) is 3.70. The van der Waals surface area contributed by atoms with Gasteiger partial charge in [-0.1, -0.05) is 71.8 Å². The van der Waals surface area contributed by atoms with Crippen molar-refractivity contribution in [1.82, 2.24) is 4.90 Å². The Kier molecular flexibility index (Phi) is 5.00. The molecular formula is C25H21ClN2O3. The van der Waals surface area contributed by atoms with Crippen LogP contribution in [0.1, 0.15) is 22.7 Å². The van der Waals surface area contributed by atoms with Gasteiger partial charge >= 0.3 is 0 Å². The van der Waals surface area contributed by atoms with E-state index in [4.69, 9.17) is 16.4 Å². The molecule has 2 heterocycles. The van der Waals surface area contributed by atoms with E-state index in [-0.39, 0.29) is 18.4 Å². The fourth-order valence-corrected chi connectivity index (χ4v) is 4.43. The molecule has 3 atom stereocenters. The van der Waals surface area contributed by atoms with E-state index >= 15 is 0 Å². The molecule has 2 aliphatic rings. The molecule has 0 spiro atoms. The number of carbonyl (C=O) groups is 2. The lowest BCUT2D eigenvalue weighted by molar-refractivity contribution is -0.143. The Bertz CT molecular complexity index is 1120. The number of carbonyl (C=O) groups excluding carboxylic acids is 2. The third-order valence-corrected chi connectivity index (χ3v) is 6.14. The molecular weight excluding hydrogens is 412 g/mol. The first kappa shape index (κ1) is 19.8. The molecule has 6 heteroatoms. The number of imide groups is 1. The molecule has 5 rings (SSSR count). The number of anilines is 1. The SMILES string of the molecule is Cc1ccc(N2O[C@H]3C(=O)N(Cc4ccccc4)C(=O)[C@@H]3[C@@H]2c2ccc(Cl)cc2)cc1. The number of hydroxylamine groups is 1. The first-order valence-corrected chi connectivity index (χ1v) is 10.6. The molecule has 3 aromatic carbocycles. The third kappa shape index (κ3) is 3.50. The average Bonchev–Trinajstić information content (AvgIpc) is 3.28. The van der Waals surface area contributed by atoms with Crippen molar-refractivity contribution < 1.29 is 14.4 Å². The predicted octanol–water partition coefficient (Wildman–Crippen LogP) is 4.70. The second-order valence-electron chi connectivity index (χ2n) is 7.96. The lowest BCUT2D eigenvalue weighted by Crippen LogP contribution is -2.36. The zero-order valence-electron chi connectivity index (χ0n) is 16.9. The molecule has 3 aromatic rings. The van der Waals surface area contributed by atoms with Gasteiger partial charge in [-0.2, -0.15) is 0 Å². The summed E-state index contributed by atoms with van der Waals surface area (Å²) < 4.78 is 0. The van der Waals surface area contributed by atoms with E-state index in [1.165, 1.54) is 4.90 Å². The highest BCUT2D eigenvalue weighted by atomic mass is 35.5. The molecule has 2 aliphatic heterocycles. The second kappa shape index (κ2) is 7.84. The lowest BCUT2D eigenvalue weighted by atomic mass is 9.90. The number of benzene rings is 3. The molecule has 0 aliphatic carbocycles. The summed E-state index contributed by atoms with van der Waals surface area (Å²) >= 11 is 6.09. The van der Waals surface area contributed by atoms with E-state index in [0.717, 1.165) is 22.4 Å². The van der Waals surface area contributed by atoms with Crippen molar-refractivity contribution in [3.63, 3.8) is 0 Å². The van der Waals surface area contributed by atoms with Gasteiger partial charge in [0.05, 0.1) is 18.3 Å². The van der Waals surface area contributed by atoms with Gasteiger partial charge in [-0.3, -0.25) is 19.3 Å². The number of aryl methyl sites for hydroxylation is 1. The van der Waals surface area contributed by atoms with Crippen molar-refractivity contribution in [2.75, 3.05) is 5.06 Å². The maximum absolute atomic E-state index is 13.5. The molecule has 2 saturated heterocycles. The standard InChI is InChI=1S/C25H21ClN2O3/c1-16-7-13-20(14-8-16)28-22(18-9-11-19(26)12-10-18)21-23(31-28)25(30)27(24(21)29)15-17-5-3-2-4-6-17/h2-14,21-23H,15H2,1H3/t21-,22+,23-/m1/s1. The van der Waals surface area contributed by atoms with Crippen LogP contribution >= 0.6 is 11.6 Å². The highest BCUT2D eigenvalue weighted by molar-refractivity contribution is 6.30. The predicted molar refractivity (Wildman–Crippen MR) is 118 cm³/mol. The smallest absolute Gasteiger partial charge is 0.262 e. The molecule has 5 nitrogen and oxygen atoms in total. The van der Waals surface area contributed by atoms with Gasteiger partial charge in [0.25, 0.3) is 5.91 Å². The second-order valence-corrected chi connectivity index (χ2v) is 8.39. The molecule has 0 radical (unpaired) electrons. The molecule has 0 N–H and O–H groups in total. The summed E-state index contributed by atoms with van der Waals surface area (Å²) in [5, 5.41) is 2.31. The fourth-order valence-electron chi connectivity index (χ4n) is 4.31. The summed E-state index contributed by atoms with van der Waals surface area (Å²) in [6.45, 7) is 2.25. The van der Waals surface area contributed by atoms with E-state index in [9.17, 15) is 9.59 Å². The van der Waals surface area contributed by atoms with Crippen LogP contribution in [0.4, 0.5) is 5.69 Å². The van der Waals surface area contributed by atoms with Crippen LogP contribution < -0.4 is 5.06 Å².